The predicted molar refractivity (Wildman–Crippen MR) is 61.8 cm³/mol. The van der Waals surface area contributed by atoms with Crippen LogP contribution in [0.25, 0.3) is 5.65 Å². The average Bonchev–Trinajstić information content (AvgIpc) is 2.57. The predicted octanol–water partition coefficient (Wildman–Crippen LogP) is 1.53. The Kier molecular flexibility index (Phi) is 2.99. The van der Waals surface area contributed by atoms with Crippen LogP contribution in [0.1, 0.15) is 19.5 Å². The van der Waals surface area contributed by atoms with Crippen LogP contribution in [-0.4, -0.2) is 26.6 Å². The Labute approximate surface area is 98.7 Å². The van der Waals surface area contributed by atoms with Crippen LogP contribution in [-0.2, 0) is 16.0 Å². The third-order valence-electron chi connectivity index (χ3n) is 2.18. The number of pyridine rings is 1. The molecule has 2 rings (SSSR count). The van der Waals surface area contributed by atoms with E-state index in [1.807, 2.05) is 0 Å². The Hall–Kier alpha value is -2.04. The van der Waals surface area contributed by atoms with Crippen LogP contribution >= 0.6 is 0 Å². The summed E-state index contributed by atoms with van der Waals surface area (Å²) in [6.07, 6.45) is 3.26. The van der Waals surface area contributed by atoms with Gasteiger partial charge in [-0.1, -0.05) is 0 Å². The van der Waals surface area contributed by atoms with Crippen molar-refractivity contribution in [1.29, 1.82) is 0 Å². The van der Waals surface area contributed by atoms with Crippen molar-refractivity contribution in [3.8, 4) is 5.75 Å². The molecule has 0 aliphatic carbocycles. The van der Waals surface area contributed by atoms with Gasteiger partial charge in [0.25, 0.3) is 0 Å². The van der Waals surface area contributed by atoms with Crippen molar-refractivity contribution in [2.75, 3.05) is 0 Å². The number of hydrogen-bond acceptors (Lipinski definition) is 4. The first-order valence-electron chi connectivity index (χ1n) is 5.40. The summed E-state index contributed by atoms with van der Waals surface area (Å²) in [5, 5.41) is 9.30. The normalized spacial score (nSPS) is 11.0. The molecule has 0 aliphatic heterocycles. The van der Waals surface area contributed by atoms with E-state index in [9.17, 15) is 9.90 Å². The molecule has 0 saturated heterocycles. The van der Waals surface area contributed by atoms with E-state index >= 15 is 0 Å². The van der Waals surface area contributed by atoms with E-state index < -0.39 is 0 Å². The lowest BCUT2D eigenvalue weighted by molar-refractivity contribution is -0.146. The van der Waals surface area contributed by atoms with Gasteiger partial charge in [0.05, 0.1) is 24.4 Å². The van der Waals surface area contributed by atoms with E-state index in [1.165, 1.54) is 0 Å². The zero-order valence-electron chi connectivity index (χ0n) is 9.75. The number of imidazole rings is 1. The summed E-state index contributed by atoms with van der Waals surface area (Å²) >= 11 is 0. The molecule has 2 aromatic rings. The zero-order chi connectivity index (χ0) is 12.4. The molecule has 0 aliphatic rings. The van der Waals surface area contributed by atoms with Crippen molar-refractivity contribution in [1.82, 2.24) is 9.38 Å². The molecule has 5 nitrogen and oxygen atoms in total. The first-order valence-corrected chi connectivity index (χ1v) is 5.40. The minimum absolute atomic E-state index is 0.122. The molecular formula is C12H14N2O3. The number of ether oxygens (including phenoxy) is 1. The quantitative estimate of drug-likeness (QED) is 0.818. The van der Waals surface area contributed by atoms with Gasteiger partial charge in [0.1, 0.15) is 11.4 Å². The summed E-state index contributed by atoms with van der Waals surface area (Å²) in [7, 11) is 0. The molecule has 0 amide bonds. The summed E-state index contributed by atoms with van der Waals surface area (Å²) < 4.78 is 6.71. The number of esters is 1. The maximum absolute atomic E-state index is 11.4. The highest BCUT2D eigenvalue weighted by Crippen LogP contribution is 2.12. The Morgan fingerprint density at radius 1 is 1.47 bits per heavy atom. The van der Waals surface area contributed by atoms with Gasteiger partial charge >= 0.3 is 5.97 Å². The van der Waals surface area contributed by atoms with Gasteiger partial charge in [-0.05, 0) is 26.0 Å². The maximum Gasteiger partial charge on any atom is 0.312 e. The largest absolute Gasteiger partial charge is 0.506 e. The molecule has 17 heavy (non-hydrogen) atoms. The van der Waals surface area contributed by atoms with Gasteiger partial charge in [0.15, 0.2) is 0 Å². The van der Waals surface area contributed by atoms with Crippen LogP contribution < -0.4 is 0 Å². The molecule has 0 spiro atoms. The first-order chi connectivity index (χ1) is 8.04. The Bertz CT molecular complexity index is 546. The summed E-state index contributed by atoms with van der Waals surface area (Å²) in [6.45, 7) is 3.61. The van der Waals surface area contributed by atoms with E-state index in [0.29, 0.717) is 11.3 Å². The van der Waals surface area contributed by atoms with E-state index in [1.54, 1.807) is 42.8 Å². The van der Waals surface area contributed by atoms with Gasteiger partial charge < -0.3 is 14.2 Å². The fourth-order valence-corrected chi connectivity index (χ4v) is 1.57. The summed E-state index contributed by atoms with van der Waals surface area (Å²) in [6, 6.07) is 3.24. The van der Waals surface area contributed by atoms with Crippen molar-refractivity contribution in [2.24, 2.45) is 0 Å². The molecule has 0 fully saturated rings. The molecule has 0 saturated carbocycles. The minimum Gasteiger partial charge on any atom is -0.506 e. The van der Waals surface area contributed by atoms with Gasteiger partial charge in [0.2, 0.25) is 0 Å². The molecule has 2 aromatic heterocycles. The number of fused-ring (bicyclic) bond motifs is 1. The van der Waals surface area contributed by atoms with Crippen LogP contribution in [0.2, 0.25) is 0 Å². The third-order valence-corrected chi connectivity index (χ3v) is 2.18. The number of hydrogen-bond donors (Lipinski definition) is 1. The molecule has 5 heteroatoms. The highest BCUT2D eigenvalue weighted by atomic mass is 16.5. The van der Waals surface area contributed by atoms with Crippen molar-refractivity contribution in [2.45, 2.75) is 26.4 Å². The standard InChI is InChI=1S/C12H14N2O3/c1-8(2)17-12(16)5-9-6-14-7-10(15)3-4-11(14)13-9/h3-4,6-8,15H,5H2,1-2H3. The van der Waals surface area contributed by atoms with Crippen LogP contribution in [0, 0.1) is 0 Å². The molecule has 1 N–H and O–H groups in total. The molecular weight excluding hydrogens is 220 g/mol. The summed E-state index contributed by atoms with van der Waals surface area (Å²) in [4.78, 5) is 15.7. The Morgan fingerprint density at radius 2 is 2.24 bits per heavy atom. The van der Waals surface area contributed by atoms with Gasteiger partial charge in [-0.15, -0.1) is 0 Å². The fourth-order valence-electron chi connectivity index (χ4n) is 1.57. The number of nitrogens with zero attached hydrogens (tertiary/aromatic N) is 2. The van der Waals surface area contributed by atoms with Crippen molar-refractivity contribution < 1.29 is 14.6 Å². The Balaban J connectivity index is 2.17. The second-order valence-corrected chi connectivity index (χ2v) is 4.10. The lowest BCUT2D eigenvalue weighted by Gasteiger charge is -2.05. The monoisotopic (exact) mass is 234 g/mol. The minimum atomic E-state index is -0.298. The number of aromatic hydroxyl groups is 1. The third kappa shape index (κ3) is 2.75. The number of carbonyl (C=O) groups excluding carboxylic acids is 1. The second-order valence-electron chi connectivity index (χ2n) is 4.10. The van der Waals surface area contributed by atoms with E-state index in [4.69, 9.17) is 4.74 Å². The number of carbonyl (C=O) groups is 1. The number of aromatic nitrogens is 2. The van der Waals surface area contributed by atoms with Gasteiger partial charge in [-0.2, -0.15) is 0 Å². The lowest BCUT2D eigenvalue weighted by Crippen LogP contribution is -2.13. The summed E-state index contributed by atoms with van der Waals surface area (Å²) in [5.74, 6) is -0.140. The molecule has 2 heterocycles. The first kappa shape index (κ1) is 11.4. The molecule has 0 aromatic carbocycles. The van der Waals surface area contributed by atoms with Crippen LogP contribution in [0.5, 0.6) is 5.75 Å². The van der Waals surface area contributed by atoms with Crippen LogP contribution in [0.4, 0.5) is 0 Å². The molecule has 0 atom stereocenters. The highest BCUT2D eigenvalue weighted by molar-refractivity contribution is 5.72. The average molecular weight is 234 g/mol. The van der Waals surface area contributed by atoms with Gasteiger partial charge in [0, 0.05) is 6.20 Å². The summed E-state index contributed by atoms with van der Waals surface area (Å²) in [5.41, 5.74) is 1.32. The van der Waals surface area contributed by atoms with E-state index in [-0.39, 0.29) is 24.2 Å². The fraction of sp³-hybridized carbons (Fsp3) is 0.333. The van der Waals surface area contributed by atoms with Gasteiger partial charge in [-0.3, -0.25) is 4.79 Å². The van der Waals surface area contributed by atoms with Crippen LogP contribution in [0.3, 0.4) is 0 Å². The van der Waals surface area contributed by atoms with E-state index in [0.717, 1.165) is 0 Å². The van der Waals surface area contributed by atoms with Crippen molar-refractivity contribution >= 4 is 11.6 Å². The number of rotatable bonds is 3. The lowest BCUT2D eigenvalue weighted by atomic mass is 10.3. The van der Waals surface area contributed by atoms with Crippen LogP contribution in [0.15, 0.2) is 24.5 Å². The second kappa shape index (κ2) is 4.45. The van der Waals surface area contributed by atoms with Gasteiger partial charge in [-0.25, -0.2) is 4.98 Å². The SMILES string of the molecule is CC(C)OC(=O)Cc1cn2cc(O)ccc2n1. The topological polar surface area (TPSA) is 63.8 Å². The Morgan fingerprint density at radius 3 is 2.94 bits per heavy atom. The molecule has 0 bridgehead atoms. The smallest absolute Gasteiger partial charge is 0.312 e. The van der Waals surface area contributed by atoms with Crippen molar-refractivity contribution in [3.05, 3.63) is 30.2 Å². The molecule has 0 unspecified atom stereocenters. The van der Waals surface area contributed by atoms with Crippen molar-refractivity contribution in [3.63, 3.8) is 0 Å². The molecule has 90 valence electrons. The highest BCUT2D eigenvalue weighted by Gasteiger charge is 2.10. The zero-order valence-corrected chi connectivity index (χ0v) is 9.75. The maximum atomic E-state index is 11.4. The van der Waals surface area contributed by atoms with E-state index in [2.05, 4.69) is 4.98 Å². The molecule has 0 radical (unpaired) electrons.